The molecule has 1 amide bonds. The maximum Gasteiger partial charge on any atom is 0.251 e. The van der Waals surface area contributed by atoms with Crippen LogP contribution in [-0.4, -0.2) is 43.8 Å². The number of aryl methyl sites for hydroxylation is 1. The van der Waals surface area contributed by atoms with Crippen molar-refractivity contribution in [3.63, 3.8) is 0 Å². The lowest BCUT2D eigenvalue weighted by Gasteiger charge is -2.19. The van der Waals surface area contributed by atoms with E-state index in [-0.39, 0.29) is 5.91 Å². The van der Waals surface area contributed by atoms with Gasteiger partial charge in [-0.05, 0) is 76.8 Å². The number of rotatable bonds is 7. The smallest absolute Gasteiger partial charge is 0.251 e. The van der Waals surface area contributed by atoms with Crippen molar-refractivity contribution in [2.45, 2.75) is 59.1 Å². The highest BCUT2D eigenvalue weighted by molar-refractivity contribution is 5.96. The van der Waals surface area contributed by atoms with Crippen molar-refractivity contribution in [1.82, 2.24) is 19.9 Å². The highest BCUT2D eigenvalue weighted by Gasteiger charge is 2.24. The number of amides is 1. The molecule has 0 saturated heterocycles. The first-order valence-electron chi connectivity index (χ1n) is 11.1. The maximum absolute atomic E-state index is 12.5. The van der Waals surface area contributed by atoms with Crippen LogP contribution >= 0.6 is 0 Å². The third-order valence-electron chi connectivity index (χ3n) is 5.70. The van der Waals surface area contributed by atoms with E-state index in [1.807, 2.05) is 55.6 Å². The summed E-state index contributed by atoms with van der Waals surface area (Å²) >= 11 is 0. The molecule has 7 heteroatoms. The highest BCUT2D eigenvalue weighted by Crippen LogP contribution is 2.28. The zero-order chi connectivity index (χ0) is 23.0. The number of anilines is 1. The molecule has 0 aliphatic heterocycles. The van der Waals surface area contributed by atoms with Crippen molar-refractivity contribution in [2.24, 2.45) is 0 Å². The molecule has 3 N–H and O–H groups in total. The quantitative estimate of drug-likeness (QED) is 0.519. The van der Waals surface area contributed by atoms with Gasteiger partial charge in [-0.2, -0.15) is 5.10 Å². The number of allylic oxidation sites excluding steroid dienone is 2. The topological polar surface area (TPSA) is 91.5 Å². The molecule has 0 radical (unpaired) electrons. The van der Waals surface area contributed by atoms with Gasteiger partial charge in [-0.3, -0.25) is 4.79 Å². The van der Waals surface area contributed by atoms with Gasteiger partial charge in [0.25, 0.3) is 5.91 Å². The molecule has 0 unspecified atom stereocenters. The van der Waals surface area contributed by atoms with Gasteiger partial charge in [-0.25, -0.2) is 9.50 Å². The fraction of sp³-hybridized carbons (Fsp3) is 0.400. The summed E-state index contributed by atoms with van der Waals surface area (Å²) in [5, 5.41) is 21.4. The predicted octanol–water partition coefficient (Wildman–Crippen LogP) is 4.20. The largest absolute Gasteiger partial charge is 0.389 e. The number of fused-ring (bicyclic) bond motifs is 1. The van der Waals surface area contributed by atoms with Gasteiger partial charge >= 0.3 is 0 Å². The van der Waals surface area contributed by atoms with Gasteiger partial charge in [-0.1, -0.05) is 12.1 Å². The molecule has 1 fully saturated rings. The monoisotopic (exact) mass is 433 g/mol. The first-order chi connectivity index (χ1) is 15.2. The first-order valence-corrected chi connectivity index (χ1v) is 11.1. The Kier molecular flexibility index (Phi) is 5.77. The van der Waals surface area contributed by atoms with Gasteiger partial charge in [0.15, 0.2) is 5.65 Å². The number of imidazole rings is 1. The average Bonchev–Trinajstić information content (AvgIpc) is 3.45. The minimum absolute atomic E-state index is 0.0167. The predicted molar refractivity (Wildman–Crippen MR) is 128 cm³/mol. The van der Waals surface area contributed by atoms with E-state index in [4.69, 9.17) is 5.10 Å². The van der Waals surface area contributed by atoms with Crippen molar-refractivity contribution >= 4 is 22.8 Å². The SMILES string of the molecule is C/C=C(\C)c1cc(NCC(C)(C)O)c2ncc(-c3ccc(C(=O)NC4CC4)c(C)c3)n2n1. The Labute approximate surface area is 188 Å². The number of nitrogens with zero attached hydrogens (tertiary/aromatic N) is 3. The molecule has 0 atom stereocenters. The molecule has 0 bridgehead atoms. The van der Waals surface area contributed by atoms with Gasteiger partial charge in [0, 0.05) is 23.7 Å². The Morgan fingerprint density at radius 3 is 2.69 bits per heavy atom. The zero-order valence-electron chi connectivity index (χ0n) is 19.4. The Balaban J connectivity index is 1.75. The van der Waals surface area contributed by atoms with Crippen LogP contribution in [0.5, 0.6) is 0 Å². The fourth-order valence-electron chi connectivity index (χ4n) is 3.52. The fourth-order valence-corrected chi connectivity index (χ4v) is 3.52. The number of hydrogen-bond donors (Lipinski definition) is 3. The number of aliphatic hydroxyl groups is 1. The summed E-state index contributed by atoms with van der Waals surface area (Å²) in [4.78, 5) is 17.1. The molecule has 1 aliphatic rings. The van der Waals surface area contributed by atoms with Crippen LogP contribution in [0.25, 0.3) is 22.5 Å². The molecule has 4 rings (SSSR count). The first kappa shape index (κ1) is 22.0. The second kappa shape index (κ2) is 8.39. The summed E-state index contributed by atoms with van der Waals surface area (Å²) < 4.78 is 1.83. The van der Waals surface area contributed by atoms with Crippen molar-refractivity contribution in [3.8, 4) is 11.3 Å². The van der Waals surface area contributed by atoms with Crippen molar-refractivity contribution in [1.29, 1.82) is 0 Å². The third-order valence-corrected chi connectivity index (χ3v) is 5.70. The van der Waals surface area contributed by atoms with Gasteiger partial charge in [-0.15, -0.1) is 0 Å². The van der Waals surface area contributed by atoms with Crippen LogP contribution in [0, 0.1) is 6.92 Å². The number of carbonyl (C=O) groups excluding carboxylic acids is 1. The number of carbonyl (C=O) groups is 1. The van der Waals surface area contributed by atoms with E-state index >= 15 is 0 Å². The van der Waals surface area contributed by atoms with E-state index in [0.717, 1.165) is 46.6 Å². The molecule has 1 aromatic carbocycles. The summed E-state index contributed by atoms with van der Waals surface area (Å²) in [7, 11) is 0. The third kappa shape index (κ3) is 4.67. The van der Waals surface area contributed by atoms with Gasteiger partial charge < -0.3 is 15.7 Å². The van der Waals surface area contributed by atoms with Crippen LogP contribution in [-0.2, 0) is 0 Å². The van der Waals surface area contributed by atoms with Crippen LogP contribution in [0.4, 0.5) is 5.69 Å². The number of nitrogens with one attached hydrogen (secondary N) is 2. The van der Waals surface area contributed by atoms with Gasteiger partial charge in [0.1, 0.15) is 0 Å². The zero-order valence-corrected chi connectivity index (χ0v) is 19.4. The Morgan fingerprint density at radius 1 is 1.31 bits per heavy atom. The molecule has 7 nitrogen and oxygen atoms in total. The lowest BCUT2D eigenvalue weighted by molar-refractivity contribution is 0.0940. The van der Waals surface area contributed by atoms with E-state index in [0.29, 0.717) is 23.8 Å². The second-order valence-electron chi connectivity index (χ2n) is 9.24. The van der Waals surface area contributed by atoms with E-state index in [2.05, 4.69) is 15.6 Å². The van der Waals surface area contributed by atoms with Crippen LogP contribution in [0.2, 0.25) is 0 Å². The molecule has 2 aromatic heterocycles. The summed E-state index contributed by atoms with van der Waals surface area (Å²) in [6, 6.07) is 8.11. The van der Waals surface area contributed by atoms with Gasteiger partial charge in [0.2, 0.25) is 0 Å². The van der Waals surface area contributed by atoms with E-state index < -0.39 is 5.60 Å². The average molecular weight is 434 g/mol. The number of benzene rings is 1. The molecule has 0 spiro atoms. The van der Waals surface area contributed by atoms with Crippen molar-refractivity contribution < 1.29 is 9.90 Å². The molecular weight excluding hydrogens is 402 g/mol. The summed E-state index contributed by atoms with van der Waals surface area (Å²) in [5.74, 6) is -0.0167. The lowest BCUT2D eigenvalue weighted by atomic mass is 10.0. The van der Waals surface area contributed by atoms with Crippen LogP contribution < -0.4 is 10.6 Å². The Bertz CT molecular complexity index is 1200. The molecule has 168 valence electrons. The van der Waals surface area contributed by atoms with Crippen LogP contribution in [0.15, 0.2) is 36.5 Å². The highest BCUT2D eigenvalue weighted by atomic mass is 16.3. The number of hydrogen-bond acceptors (Lipinski definition) is 5. The minimum atomic E-state index is -0.862. The molecular formula is C25H31N5O2. The maximum atomic E-state index is 12.5. The Hall–Kier alpha value is -3.19. The molecule has 32 heavy (non-hydrogen) atoms. The van der Waals surface area contributed by atoms with Gasteiger partial charge in [0.05, 0.1) is 28.9 Å². The lowest BCUT2D eigenvalue weighted by Crippen LogP contribution is -2.29. The normalized spacial score (nSPS) is 14.6. The van der Waals surface area contributed by atoms with Crippen molar-refractivity contribution in [2.75, 3.05) is 11.9 Å². The van der Waals surface area contributed by atoms with E-state index in [9.17, 15) is 9.90 Å². The summed E-state index contributed by atoms with van der Waals surface area (Å²) in [5.41, 5.74) is 5.89. The Morgan fingerprint density at radius 2 is 2.06 bits per heavy atom. The van der Waals surface area contributed by atoms with E-state index in [1.165, 1.54) is 0 Å². The van der Waals surface area contributed by atoms with Crippen LogP contribution in [0.1, 0.15) is 62.2 Å². The summed E-state index contributed by atoms with van der Waals surface area (Å²) in [6.45, 7) is 9.85. The van der Waals surface area contributed by atoms with Crippen LogP contribution in [0.3, 0.4) is 0 Å². The second-order valence-corrected chi connectivity index (χ2v) is 9.24. The molecule has 2 heterocycles. The standard InChI is InChI=1S/C25H31N5O2/c1-6-15(2)20-12-21(27-14-25(4,5)32)23-26-13-22(30(23)29-20)17-7-10-19(16(3)11-17)24(31)28-18-8-9-18/h6-7,10-13,18,27,32H,8-9,14H2,1-5H3,(H,28,31)/b15-6+. The molecule has 1 saturated carbocycles. The number of aromatic nitrogens is 3. The summed E-state index contributed by atoms with van der Waals surface area (Å²) in [6.07, 6.45) is 5.94. The van der Waals surface area contributed by atoms with E-state index in [1.54, 1.807) is 20.0 Å². The molecule has 1 aliphatic carbocycles. The molecule has 3 aromatic rings. The minimum Gasteiger partial charge on any atom is -0.389 e. The van der Waals surface area contributed by atoms with Crippen molar-refractivity contribution in [3.05, 3.63) is 53.4 Å².